The van der Waals surface area contributed by atoms with Gasteiger partial charge in [0.05, 0.1) is 35.9 Å². The number of aliphatic hydroxyl groups excluding tert-OH is 1. The van der Waals surface area contributed by atoms with Gasteiger partial charge in [0.15, 0.2) is 0 Å². The van der Waals surface area contributed by atoms with Crippen LogP contribution < -0.4 is 9.64 Å². The number of nitrogens with zero attached hydrogens (tertiary/aromatic N) is 2. The first kappa shape index (κ1) is 20.7. The fourth-order valence-electron chi connectivity index (χ4n) is 3.79. The number of benzene rings is 3. The summed E-state index contributed by atoms with van der Waals surface area (Å²) >= 11 is 0. The fourth-order valence-corrected chi connectivity index (χ4v) is 3.79. The van der Waals surface area contributed by atoms with Crippen molar-refractivity contribution in [3.63, 3.8) is 0 Å². The average Bonchev–Trinajstić information content (AvgIpc) is 3.09. The van der Waals surface area contributed by atoms with Crippen molar-refractivity contribution >= 4 is 23.1 Å². The first-order valence-electron chi connectivity index (χ1n) is 9.69. The maximum absolute atomic E-state index is 13.1. The van der Waals surface area contributed by atoms with Gasteiger partial charge in [0, 0.05) is 5.69 Å². The molecule has 1 aliphatic heterocycles. The first-order valence-corrected chi connectivity index (χ1v) is 9.69. The molecule has 1 atom stereocenters. The number of ether oxygens (including phenoxy) is 1. The molecule has 158 valence electrons. The fraction of sp³-hybridized carbons (Fsp3) is 0.0800. The van der Waals surface area contributed by atoms with Crippen LogP contribution in [0.2, 0.25) is 0 Å². The number of aromatic hydroxyl groups is 1. The van der Waals surface area contributed by atoms with Crippen molar-refractivity contribution in [2.24, 2.45) is 0 Å². The second-order valence-corrected chi connectivity index (χ2v) is 7.12. The molecule has 2 N–H and O–H groups in total. The van der Waals surface area contributed by atoms with Gasteiger partial charge in [-0.15, -0.1) is 0 Å². The quantitative estimate of drug-likeness (QED) is 0.372. The molecule has 4 rings (SSSR count). The summed E-state index contributed by atoms with van der Waals surface area (Å²) in [6.45, 7) is 0. The Morgan fingerprint density at radius 3 is 2.41 bits per heavy atom. The van der Waals surface area contributed by atoms with Gasteiger partial charge in [-0.05, 0) is 54.1 Å². The Balaban J connectivity index is 1.97. The zero-order chi connectivity index (χ0) is 22.8. The number of ketones is 1. The molecule has 0 aromatic heterocycles. The van der Waals surface area contributed by atoms with Crippen LogP contribution in [0.1, 0.15) is 22.7 Å². The zero-order valence-electron chi connectivity index (χ0n) is 17.0. The maximum atomic E-state index is 13.1. The van der Waals surface area contributed by atoms with Gasteiger partial charge in [-0.2, -0.15) is 5.26 Å². The Labute approximate surface area is 184 Å². The van der Waals surface area contributed by atoms with Crippen molar-refractivity contribution in [3.05, 3.63) is 95.1 Å². The molecule has 1 fully saturated rings. The van der Waals surface area contributed by atoms with E-state index in [2.05, 4.69) is 0 Å². The summed E-state index contributed by atoms with van der Waals surface area (Å²) in [5.41, 5.74) is 1.34. The van der Waals surface area contributed by atoms with Crippen LogP contribution in [-0.4, -0.2) is 29.0 Å². The third kappa shape index (κ3) is 3.44. The molecule has 0 spiro atoms. The van der Waals surface area contributed by atoms with Crippen LogP contribution >= 0.6 is 0 Å². The van der Waals surface area contributed by atoms with Crippen LogP contribution in [0.3, 0.4) is 0 Å². The predicted octanol–water partition coefficient (Wildman–Crippen LogP) is 3.90. The van der Waals surface area contributed by atoms with Crippen molar-refractivity contribution in [2.45, 2.75) is 6.04 Å². The number of phenolic OH excluding ortho intramolecular Hbond substituents is 1. The number of amides is 1. The minimum absolute atomic E-state index is 0.0507. The number of carbonyl (C=O) groups excluding carboxylic acids is 2. The number of anilines is 1. The summed E-state index contributed by atoms with van der Waals surface area (Å²) < 4.78 is 5.31. The number of methoxy groups -OCH3 is 1. The van der Waals surface area contributed by atoms with Crippen molar-refractivity contribution < 1.29 is 24.5 Å². The highest BCUT2D eigenvalue weighted by atomic mass is 16.5. The zero-order valence-corrected chi connectivity index (χ0v) is 17.0. The van der Waals surface area contributed by atoms with Crippen LogP contribution in [0.15, 0.2) is 78.4 Å². The minimum Gasteiger partial charge on any atom is -0.508 e. The van der Waals surface area contributed by atoms with Gasteiger partial charge in [0.2, 0.25) is 0 Å². The molecule has 0 aliphatic carbocycles. The van der Waals surface area contributed by atoms with E-state index in [0.717, 1.165) is 0 Å². The number of hydrogen-bond acceptors (Lipinski definition) is 6. The molecule has 7 nitrogen and oxygen atoms in total. The van der Waals surface area contributed by atoms with Crippen LogP contribution in [0, 0.1) is 11.3 Å². The number of nitriles is 1. The van der Waals surface area contributed by atoms with E-state index in [9.17, 15) is 19.8 Å². The molecule has 1 unspecified atom stereocenters. The van der Waals surface area contributed by atoms with E-state index in [4.69, 9.17) is 10.00 Å². The summed E-state index contributed by atoms with van der Waals surface area (Å²) in [7, 11) is 1.44. The molecule has 0 saturated carbocycles. The molecule has 7 heteroatoms. The summed E-state index contributed by atoms with van der Waals surface area (Å²) in [4.78, 5) is 27.5. The molecule has 1 heterocycles. The summed E-state index contributed by atoms with van der Waals surface area (Å²) in [6, 6.07) is 20.0. The summed E-state index contributed by atoms with van der Waals surface area (Å²) in [5.74, 6) is -1.80. The lowest BCUT2D eigenvalue weighted by molar-refractivity contribution is -0.132. The molecule has 1 aliphatic rings. The second-order valence-electron chi connectivity index (χ2n) is 7.12. The van der Waals surface area contributed by atoms with Gasteiger partial charge in [-0.25, -0.2) is 0 Å². The van der Waals surface area contributed by atoms with Gasteiger partial charge < -0.3 is 14.9 Å². The van der Waals surface area contributed by atoms with E-state index in [1.54, 1.807) is 48.5 Å². The SMILES string of the molecule is COc1ccccc1/C(O)=C1/C(=O)C(=O)N(c2ccc(C#N)cc2)C1c1cccc(O)c1. The predicted molar refractivity (Wildman–Crippen MR) is 117 cm³/mol. The van der Waals surface area contributed by atoms with Crippen molar-refractivity contribution in [1.29, 1.82) is 5.26 Å². The number of hydrogen-bond donors (Lipinski definition) is 2. The van der Waals surface area contributed by atoms with E-state index in [0.29, 0.717) is 22.6 Å². The van der Waals surface area contributed by atoms with Gasteiger partial charge >= 0.3 is 0 Å². The lowest BCUT2D eigenvalue weighted by Crippen LogP contribution is -2.29. The van der Waals surface area contributed by atoms with Gasteiger partial charge in [0.25, 0.3) is 11.7 Å². The topological polar surface area (TPSA) is 111 Å². The highest BCUT2D eigenvalue weighted by molar-refractivity contribution is 6.51. The monoisotopic (exact) mass is 426 g/mol. The van der Waals surface area contributed by atoms with Crippen LogP contribution in [0.4, 0.5) is 5.69 Å². The minimum atomic E-state index is -1.00. The van der Waals surface area contributed by atoms with E-state index in [1.807, 2.05) is 6.07 Å². The molecule has 1 amide bonds. The Morgan fingerprint density at radius 2 is 1.75 bits per heavy atom. The smallest absolute Gasteiger partial charge is 0.300 e. The molecule has 32 heavy (non-hydrogen) atoms. The Hall–Kier alpha value is -4.57. The molecule has 3 aromatic rings. The van der Waals surface area contributed by atoms with Crippen LogP contribution in [0.25, 0.3) is 5.76 Å². The number of phenols is 1. The molecule has 0 radical (unpaired) electrons. The van der Waals surface area contributed by atoms with Crippen LogP contribution in [-0.2, 0) is 9.59 Å². The standard InChI is InChI=1S/C25H18N2O5/c1-32-20-8-3-2-7-19(20)23(29)21-22(16-5-4-6-18(28)13-16)27(25(31)24(21)30)17-11-9-15(14-26)10-12-17/h2-13,22,28-29H,1H3/b23-21-. The van der Waals surface area contributed by atoms with Crippen LogP contribution in [0.5, 0.6) is 11.5 Å². The number of aliphatic hydroxyl groups is 1. The molecular formula is C25H18N2O5. The summed E-state index contributed by atoms with van der Waals surface area (Å²) in [5, 5.41) is 30.3. The highest BCUT2D eigenvalue weighted by Crippen LogP contribution is 2.43. The Morgan fingerprint density at radius 1 is 1.03 bits per heavy atom. The summed E-state index contributed by atoms with van der Waals surface area (Å²) in [6.07, 6.45) is 0. The van der Waals surface area contributed by atoms with E-state index in [-0.39, 0.29) is 22.6 Å². The lowest BCUT2D eigenvalue weighted by Gasteiger charge is -2.25. The number of rotatable bonds is 4. The highest BCUT2D eigenvalue weighted by Gasteiger charge is 2.47. The maximum Gasteiger partial charge on any atom is 0.300 e. The Bertz CT molecular complexity index is 1290. The van der Waals surface area contributed by atoms with E-state index < -0.39 is 17.7 Å². The molecule has 0 bridgehead atoms. The van der Waals surface area contributed by atoms with Crippen molar-refractivity contribution in [3.8, 4) is 17.6 Å². The van der Waals surface area contributed by atoms with Gasteiger partial charge in [-0.1, -0.05) is 24.3 Å². The van der Waals surface area contributed by atoms with Gasteiger partial charge in [0.1, 0.15) is 17.3 Å². The molecular weight excluding hydrogens is 408 g/mol. The third-order valence-corrected chi connectivity index (χ3v) is 5.27. The van der Waals surface area contributed by atoms with Crippen molar-refractivity contribution in [1.82, 2.24) is 0 Å². The largest absolute Gasteiger partial charge is 0.508 e. The lowest BCUT2D eigenvalue weighted by atomic mass is 9.94. The average molecular weight is 426 g/mol. The Kier molecular flexibility index (Phi) is 5.36. The third-order valence-electron chi connectivity index (χ3n) is 5.27. The number of carbonyl (C=O) groups is 2. The molecule has 1 saturated heterocycles. The van der Waals surface area contributed by atoms with E-state index in [1.165, 1.54) is 36.3 Å². The van der Waals surface area contributed by atoms with Crippen molar-refractivity contribution in [2.75, 3.05) is 12.0 Å². The number of para-hydroxylation sites is 1. The second kappa shape index (κ2) is 8.28. The molecule has 3 aromatic carbocycles. The first-order chi connectivity index (χ1) is 15.5. The number of Topliss-reactive ketones (excluding diaryl/α,β-unsaturated/α-hetero) is 1. The van der Waals surface area contributed by atoms with Gasteiger partial charge in [-0.3, -0.25) is 14.5 Å². The normalized spacial score (nSPS) is 17.2. The van der Waals surface area contributed by atoms with E-state index >= 15 is 0 Å².